The molecule has 5 heteroatoms. The van der Waals surface area contributed by atoms with Crippen LogP contribution in [0.2, 0.25) is 0 Å². The molecule has 29 heavy (non-hydrogen) atoms. The van der Waals surface area contributed by atoms with Gasteiger partial charge in [0, 0.05) is 31.0 Å². The molecule has 5 rings (SSSR count). The van der Waals surface area contributed by atoms with Crippen molar-refractivity contribution < 1.29 is 9.21 Å². The molecule has 0 spiro atoms. The number of nitrogens with one attached hydrogen (secondary N) is 1. The zero-order valence-electron chi connectivity index (χ0n) is 16.3. The van der Waals surface area contributed by atoms with E-state index in [-0.39, 0.29) is 17.9 Å². The Morgan fingerprint density at radius 2 is 1.83 bits per heavy atom. The van der Waals surface area contributed by atoms with E-state index >= 15 is 0 Å². The number of anilines is 2. The van der Waals surface area contributed by atoms with Gasteiger partial charge in [-0.2, -0.15) is 0 Å². The van der Waals surface area contributed by atoms with Gasteiger partial charge in [-0.3, -0.25) is 4.79 Å². The lowest BCUT2D eigenvalue weighted by molar-refractivity contribution is -0.126. The van der Waals surface area contributed by atoms with Gasteiger partial charge in [0.05, 0.1) is 24.8 Å². The van der Waals surface area contributed by atoms with Crippen LogP contribution in [0.1, 0.15) is 11.3 Å². The van der Waals surface area contributed by atoms with Crippen LogP contribution in [-0.4, -0.2) is 31.6 Å². The molecule has 3 heterocycles. The summed E-state index contributed by atoms with van der Waals surface area (Å²) < 4.78 is 5.38. The average Bonchev–Trinajstić information content (AvgIpc) is 3.31. The molecule has 3 aromatic rings. The predicted molar refractivity (Wildman–Crippen MR) is 114 cm³/mol. The fourth-order valence-corrected chi connectivity index (χ4v) is 4.65. The number of piperazine rings is 1. The van der Waals surface area contributed by atoms with E-state index in [1.807, 2.05) is 18.2 Å². The van der Waals surface area contributed by atoms with E-state index in [9.17, 15) is 4.79 Å². The van der Waals surface area contributed by atoms with E-state index < -0.39 is 0 Å². The number of benzene rings is 2. The maximum atomic E-state index is 13.2. The Labute approximate surface area is 170 Å². The second-order valence-electron chi connectivity index (χ2n) is 7.78. The van der Waals surface area contributed by atoms with Crippen LogP contribution < -0.4 is 15.1 Å². The minimum absolute atomic E-state index is 0.0913. The van der Waals surface area contributed by atoms with Crippen LogP contribution >= 0.6 is 0 Å². The van der Waals surface area contributed by atoms with Gasteiger partial charge >= 0.3 is 0 Å². The molecule has 5 nitrogen and oxygen atoms in total. The summed E-state index contributed by atoms with van der Waals surface area (Å²) in [6, 6.07) is 22.9. The highest BCUT2D eigenvalue weighted by Crippen LogP contribution is 2.36. The first-order valence-electron chi connectivity index (χ1n) is 10.2. The molecular weight excluding hydrogens is 362 g/mol. The number of furan rings is 1. The molecule has 0 bridgehead atoms. The van der Waals surface area contributed by atoms with Crippen molar-refractivity contribution in [3.63, 3.8) is 0 Å². The quantitative estimate of drug-likeness (QED) is 0.745. The van der Waals surface area contributed by atoms with Gasteiger partial charge in [0.2, 0.25) is 5.91 Å². The molecule has 2 atom stereocenters. The third kappa shape index (κ3) is 3.48. The zero-order valence-corrected chi connectivity index (χ0v) is 16.3. The topological polar surface area (TPSA) is 48.7 Å². The van der Waals surface area contributed by atoms with E-state index in [1.165, 1.54) is 16.9 Å². The number of carbonyl (C=O) groups excluding carboxylic acids is 1. The number of amides is 1. The number of fused-ring (bicyclic) bond motifs is 3. The molecule has 1 saturated heterocycles. The van der Waals surface area contributed by atoms with E-state index in [1.54, 1.807) is 6.26 Å². The summed E-state index contributed by atoms with van der Waals surface area (Å²) in [4.78, 5) is 18.0. The van der Waals surface area contributed by atoms with Gasteiger partial charge in [0.15, 0.2) is 0 Å². The van der Waals surface area contributed by atoms with E-state index in [0.29, 0.717) is 6.54 Å². The smallest absolute Gasteiger partial charge is 0.225 e. The second-order valence-corrected chi connectivity index (χ2v) is 7.78. The lowest BCUT2D eigenvalue weighted by Gasteiger charge is -2.49. The number of rotatable bonds is 4. The largest absolute Gasteiger partial charge is 0.467 e. The van der Waals surface area contributed by atoms with Crippen molar-refractivity contribution in [3.8, 4) is 0 Å². The number of nitrogens with zero attached hydrogens (tertiary/aromatic N) is 2. The summed E-state index contributed by atoms with van der Waals surface area (Å²) in [7, 11) is 0. The summed E-state index contributed by atoms with van der Waals surface area (Å²) >= 11 is 0. The first-order valence-corrected chi connectivity index (χ1v) is 10.2. The Bertz CT molecular complexity index is 971. The standard InChI is InChI=1S/C24H25N3O2/c28-24(25-16-20-10-6-14-29-20)21-15-18-7-4-5-11-22(18)27-13-12-26(17-23(21)27)19-8-2-1-3-9-19/h1-11,14,21,23H,12-13,15-17H2,(H,25,28)/t21-,23-/m0/s1. The van der Waals surface area contributed by atoms with Gasteiger partial charge in [0.25, 0.3) is 0 Å². The van der Waals surface area contributed by atoms with Gasteiger partial charge < -0.3 is 19.5 Å². The van der Waals surface area contributed by atoms with E-state index in [2.05, 4.69) is 63.6 Å². The van der Waals surface area contributed by atoms with E-state index in [0.717, 1.165) is 31.8 Å². The Balaban J connectivity index is 1.40. The van der Waals surface area contributed by atoms with Crippen LogP contribution in [0, 0.1) is 5.92 Å². The van der Waals surface area contributed by atoms with Gasteiger partial charge in [-0.25, -0.2) is 0 Å². The van der Waals surface area contributed by atoms with Crippen molar-refractivity contribution in [3.05, 3.63) is 84.3 Å². The maximum absolute atomic E-state index is 13.2. The van der Waals surface area contributed by atoms with Gasteiger partial charge in [0.1, 0.15) is 5.76 Å². The molecule has 2 aromatic carbocycles. The molecular formula is C24H25N3O2. The summed E-state index contributed by atoms with van der Waals surface area (Å²) in [5.74, 6) is 0.785. The highest BCUT2D eigenvalue weighted by atomic mass is 16.3. The van der Waals surface area contributed by atoms with Gasteiger partial charge in [-0.05, 0) is 42.3 Å². The molecule has 0 aliphatic carbocycles. The highest BCUT2D eigenvalue weighted by molar-refractivity contribution is 5.82. The van der Waals surface area contributed by atoms with Crippen molar-refractivity contribution in [1.82, 2.24) is 5.32 Å². The Morgan fingerprint density at radius 1 is 1.00 bits per heavy atom. The minimum atomic E-state index is -0.0913. The number of para-hydroxylation sites is 2. The molecule has 1 aromatic heterocycles. The average molecular weight is 387 g/mol. The van der Waals surface area contributed by atoms with Crippen LogP contribution in [-0.2, 0) is 17.8 Å². The third-order valence-electron chi connectivity index (χ3n) is 6.10. The van der Waals surface area contributed by atoms with Crippen molar-refractivity contribution in [2.45, 2.75) is 19.0 Å². The molecule has 148 valence electrons. The summed E-state index contributed by atoms with van der Waals surface area (Å²) in [5.41, 5.74) is 3.76. The van der Waals surface area contributed by atoms with Crippen LogP contribution in [0.3, 0.4) is 0 Å². The summed E-state index contributed by atoms with van der Waals surface area (Å²) in [6.45, 7) is 3.14. The molecule has 1 fully saturated rings. The molecule has 2 aliphatic heterocycles. The highest BCUT2D eigenvalue weighted by Gasteiger charge is 2.41. The Morgan fingerprint density at radius 3 is 2.66 bits per heavy atom. The fraction of sp³-hybridized carbons (Fsp3) is 0.292. The molecule has 0 radical (unpaired) electrons. The molecule has 1 N–H and O–H groups in total. The molecule has 0 unspecified atom stereocenters. The third-order valence-corrected chi connectivity index (χ3v) is 6.10. The van der Waals surface area contributed by atoms with Gasteiger partial charge in [-0.15, -0.1) is 0 Å². The summed E-state index contributed by atoms with van der Waals surface area (Å²) in [6.07, 6.45) is 2.41. The van der Waals surface area contributed by atoms with Crippen molar-refractivity contribution in [2.24, 2.45) is 5.92 Å². The van der Waals surface area contributed by atoms with E-state index in [4.69, 9.17) is 4.42 Å². The van der Waals surface area contributed by atoms with Crippen molar-refractivity contribution in [1.29, 1.82) is 0 Å². The second kappa shape index (κ2) is 7.66. The number of hydrogen-bond donors (Lipinski definition) is 1. The number of hydrogen-bond acceptors (Lipinski definition) is 4. The normalized spacial score (nSPS) is 20.7. The Hall–Kier alpha value is -3.21. The maximum Gasteiger partial charge on any atom is 0.225 e. The predicted octanol–water partition coefficient (Wildman–Crippen LogP) is 3.46. The van der Waals surface area contributed by atoms with Crippen molar-refractivity contribution >= 4 is 17.3 Å². The minimum Gasteiger partial charge on any atom is -0.467 e. The van der Waals surface area contributed by atoms with Crippen molar-refractivity contribution in [2.75, 3.05) is 29.4 Å². The van der Waals surface area contributed by atoms with Gasteiger partial charge in [-0.1, -0.05) is 36.4 Å². The SMILES string of the molecule is O=C(NCc1ccco1)[C@H]1Cc2ccccc2N2CCN(c3ccccc3)C[C@@H]12. The lowest BCUT2D eigenvalue weighted by atomic mass is 9.83. The fourth-order valence-electron chi connectivity index (χ4n) is 4.65. The lowest BCUT2D eigenvalue weighted by Crippen LogP contribution is -2.61. The summed E-state index contributed by atoms with van der Waals surface area (Å²) in [5, 5.41) is 3.10. The first kappa shape index (κ1) is 17.9. The van der Waals surface area contributed by atoms with Crippen LogP contribution in [0.5, 0.6) is 0 Å². The molecule has 1 amide bonds. The zero-order chi connectivity index (χ0) is 19.6. The van der Waals surface area contributed by atoms with Crippen LogP contribution in [0.15, 0.2) is 77.4 Å². The Kier molecular flexibility index (Phi) is 4.72. The molecule has 0 saturated carbocycles. The monoisotopic (exact) mass is 387 g/mol. The first-order chi connectivity index (χ1) is 14.3. The number of carbonyl (C=O) groups is 1. The molecule has 2 aliphatic rings. The van der Waals surface area contributed by atoms with Crippen LogP contribution in [0.25, 0.3) is 0 Å². The van der Waals surface area contributed by atoms with Crippen LogP contribution in [0.4, 0.5) is 11.4 Å².